The van der Waals surface area contributed by atoms with Gasteiger partial charge in [-0.05, 0) is 44.7 Å². The van der Waals surface area contributed by atoms with Crippen molar-refractivity contribution in [3.05, 3.63) is 0 Å². The summed E-state index contributed by atoms with van der Waals surface area (Å²) in [7, 11) is 0. The van der Waals surface area contributed by atoms with Crippen molar-refractivity contribution in [3.8, 4) is 0 Å². The van der Waals surface area contributed by atoms with E-state index in [1.54, 1.807) is 0 Å². The van der Waals surface area contributed by atoms with Crippen LogP contribution in [0.15, 0.2) is 0 Å². The van der Waals surface area contributed by atoms with Crippen LogP contribution in [0.1, 0.15) is 32.1 Å². The van der Waals surface area contributed by atoms with E-state index in [1.807, 2.05) is 0 Å². The Bertz CT molecular complexity index is 229. The third kappa shape index (κ3) is 3.18. The molecule has 1 saturated carbocycles. The first-order valence-electron chi connectivity index (χ1n) is 5.92. The topological polar surface area (TPSA) is 61.4 Å². The Morgan fingerprint density at radius 1 is 1.40 bits per heavy atom. The number of carbonyl (C=O) groups is 1. The summed E-state index contributed by atoms with van der Waals surface area (Å²) in [4.78, 5) is 11.6. The van der Waals surface area contributed by atoms with Crippen LogP contribution in [-0.4, -0.2) is 36.2 Å². The average molecular weight is 212 g/mol. The number of rotatable bonds is 3. The zero-order valence-electron chi connectivity index (χ0n) is 9.04. The van der Waals surface area contributed by atoms with Gasteiger partial charge in [0.2, 0.25) is 5.91 Å². The maximum atomic E-state index is 11.6. The summed E-state index contributed by atoms with van der Waals surface area (Å²) < 4.78 is 0. The second-order valence-corrected chi connectivity index (χ2v) is 4.81. The Hall–Kier alpha value is -0.610. The first kappa shape index (κ1) is 10.9. The van der Waals surface area contributed by atoms with Crippen molar-refractivity contribution in [3.63, 3.8) is 0 Å². The maximum absolute atomic E-state index is 11.6. The lowest BCUT2D eigenvalue weighted by Crippen LogP contribution is -2.46. The van der Waals surface area contributed by atoms with Crippen LogP contribution in [0.4, 0.5) is 0 Å². The monoisotopic (exact) mass is 212 g/mol. The van der Waals surface area contributed by atoms with Crippen LogP contribution >= 0.6 is 0 Å². The molecule has 1 aliphatic heterocycles. The first-order chi connectivity index (χ1) is 7.24. The average Bonchev–Trinajstić information content (AvgIpc) is 2.11. The van der Waals surface area contributed by atoms with E-state index in [0.717, 1.165) is 38.8 Å². The molecule has 1 amide bonds. The Morgan fingerprint density at radius 3 is 2.80 bits per heavy atom. The number of hydrogen-bond donors (Lipinski definition) is 3. The van der Waals surface area contributed by atoms with Crippen LogP contribution in [0.5, 0.6) is 0 Å². The first-order valence-corrected chi connectivity index (χ1v) is 5.92. The van der Waals surface area contributed by atoms with Crippen molar-refractivity contribution in [1.82, 2.24) is 10.6 Å². The normalized spacial score (nSPS) is 32.1. The summed E-state index contributed by atoms with van der Waals surface area (Å²) in [5, 5.41) is 15.6. The summed E-state index contributed by atoms with van der Waals surface area (Å²) in [6.45, 7) is 1.95. The Morgan fingerprint density at radius 2 is 2.20 bits per heavy atom. The molecular formula is C11H20N2O2. The van der Waals surface area contributed by atoms with Crippen LogP contribution in [0, 0.1) is 5.92 Å². The number of amides is 1. The summed E-state index contributed by atoms with van der Waals surface area (Å²) in [6, 6.07) is 0.203. The summed E-state index contributed by atoms with van der Waals surface area (Å²) in [5.41, 5.74) is 0. The van der Waals surface area contributed by atoms with Crippen LogP contribution in [0.3, 0.4) is 0 Å². The Kier molecular flexibility index (Phi) is 3.59. The standard InChI is InChI=1S/C11H20N2O2/c14-10-3-1-2-9(5-10)13-11(15)4-8-6-12-7-8/h8-10,12,14H,1-7H2,(H,13,15). The van der Waals surface area contributed by atoms with Crippen LogP contribution < -0.4 is 10.6 Å². The largest absolute Gasteiger partial charge is 0.393 e. The number of aliphatic hydroxyl groups is 1. The second kappa shape index (κ2) is 4.94. The van der Waals surface area contributed by atoms with E-state index in [9.17, 15) is 9.90 Å². The van der Waals surface area contributed by atoms with Crippen LogP contribution in [-0.2, 0) is 4.79 Å². The highest BCUT2D eigenvalue weighted by molar-refractivity contribution is 5.76. The zero-order valence-corrected chi connectivity index (χ0v) is 9.04. The Balaban J connectivity index is 1.68. The van der Waals surface area contributed by atoms with E-state index in [1.165, 1.54) is 0 Å². The van der Waals surface area contributed by atoms with Gasteiger partial charge in [0.25, 0.3) is 0 Å². The Labute approximate surface area is 90.4 Å². The van der Waals surface area contributed by atoms with Gasteiger partial charge in [0, 0.05) is 12.5 Å². The molecule has 1 heterocycles. The minimum Gasteiger partial charge on any atom is -0.393 e. The lowest BCUT2D eigenvalue weighted by atomic mass is 9.92. The molecule has 4 nitrogen and oxygen atoms in total. The third-order valence-electron chi connectivity index (χ3n) is 3.35. The van der Waals surface area contributed by atoms with E-state index >= 15 is 0 Å². The molecule has 0 spiro atoms. The van der Waals surface area contributed by atoms with Crippen LogP contribution in [0.25, 0.3) is 0 Å². The van der Waals surface area contributed by atoms with Crippen molar-refractivity contribution in [2.75, 3.05) is 13.1 Å². The molecular weight excluding hydrogens is 192 g/mol. The van der Waals surface area contributed by atoms with E-state index in [4.69, 9.17) is 0 Å². The fraction of sp³-hybridized carbons (Fsp3) is 0.909. The molecule has 0 radical (unpaired) electrons. The van der Waals surface area contributed by atoms with Gasteiger partial charge in [-0.15, -0.1) is 0 Å². The van der Waals surface area contributed by atoms with Crippen molar-refractivity contribution < 1.29 is 9.90 Å². The number of carbonyl (C=O) groups excluding carboxylic acids is 1. The molecule has 1 aliphatic carbocycles. The molecule has 0 aromatic carbocycles. The van der Waals surface area contributed by atoms with E-state index in [0.29, 0.717) is 12.3 Å². The number of hydrogen-bond acceptors (Lipinski definition) is 3. The van der Waals surface area contributed by atoms with Gasteiger partial charge in [-0.2, -0.15) is 0 Å². The highest BCUT2D eigenvalue weighted by atomic mass is 16.3. The molecule has 3 N–H and O–H groups in total. The molecule has 15 heavy (non-hydrogen) atoms. The maximum Gasteiger partial charge on any atom is 0.220 e. The van der Waals surface area contributed by atoms with Crippen molar-refractivity contribution in [2.24, 2.45) is 5.92 Å². The van der Waals surface area contributed by atoms with Gasteiger partial charge < -0.3 is 15.7 Å². The molecule has 4 heteroatoms. The molecule has 0 aromatic rings. The van der Waals surface area contributed by atoms with E-state index < -0.39 is 0 Å². The minimum atomic E-state index is -0.214. The van der Waals surface area contributed by atoms with Gasteiger partial charge in [-0.25, -0.2) is 0 Å². The predicted molar refractivity (Wildman–Crippen MR) is 57.4 cm³/mol. The molecule has 0 bridgehead atoms. The van der Waals surface area contributed by atoms with Crippen molar-refractivity contribution >= 4 is 5.91 Å². The highest BCUT2D eigenvalue weighted by Crippen LogP contribution is 2.18. The van der Waals surface area contributed by atoms with Crippen molar-refractivity contribution in [1.29, 1.82) is 0 Å². The fourth-order valence-electron chi connectivity index (χ4n) is 2.34. The summed E-state index contributed by atoms with van der Waals surface area (Å²) >= 11 is 0. The number of aliphatic hydroxyl groups excluding tert-OH is 1. The molecule has 0 aromatic heterocycles. The lowest BCUT2D eigenvalue weighted by molar-refractivity contribution is -0.123. The minimum absolute atomic E-state index is 0.153. The van der Waals surface area contributed by atoms with Crippen molar-refractivity contribution in [2.45, 2.75) is 44.2 Å². The zero-order chi connectivity index (χ0) is 10.7. The molecule has 1 saturated heterocycles. The molecule has 2 atom stereocenters. The molecule has 2 fully saturated rings. The lowest BCUT2D eigenvalue weighted by Gasteiger charge is -2.29. The highest BCUT2D eigenvalue weighted by Gasteiger charge is 2.24. The van der Waals surface area contributed by atoms with Gasteiger partial charge >= 0.3 is 0 Å². The van der Waals surface area contributed by atoms with Crippen LogP contribution in [0.2, 0.25) is 0 Å². The summed E-state index contributed by atoms with van der Waals surface area (Å²) in [5.74, 6) is 0.680. The smallest absolute Gasteiger partial charge is 0.220 e. The van der Waals surface area contributed by atoms with E-state index in [2.05, 4.69) is 10.6 Å². The molecule has 2 rings (SSSR count). The quantitative estimate of drug-likeness (QED) is 0.618. The predicted octanol–water partition coefficient (Wildman–Crippen LogP) is 0.0156. The second-order valence-electron chi connectivity index (χ2n) is 4.81. The summed E-state index contributed by atoms with van der Waals surface area (Å²) in [6.07, 6.45) is 4.09. The fourth-order valence-corrected chi connectivity index (χ4v) is 2.34. The SMILES string of the molecule is O=C(CC1CNC1)NC1CCCC(O)C1. The van der Waals surface area contributed by atoms with Gasteiger partial charge in [-0.1, -0.05) is 0 Å². The number of nitrogens with one attached hydrogen (secondary N) is 2. The molecule has 86 valence electrons. The third-order valence-corrected chi connectivity index (χ3v) is 3.35. The van der Waals surface area contributed by atoms with Gasteiger partial charge in [-0.3, -0.25) is 4.79 Å². The molecule has 2 unspecified atom stereocenters. The molecule has 2 aliphatic rings. The van der Waals surface area contributed by atoms with Gasteiger partial charge in [0.05, 0.1) is 6.10 Å². The van der Waals surface area contributed by atoms with E-state index in [-0.39, 0.29) is 18.1 Å². The van der Waals surface area contributed by atoms with Gasteiger partial charge in [0.15, 0.2) is 0 Å². The van der Waals surface area contributed by atoms with Gasteiger partial charge in [0.1, 0.15) is 0 Å².